The number of benzene rings is 2. The van der Waals surface area contributed by atoms with E-state index >= 15 is 0 Å². The lowest BCUT2D eigenvalue weighted by atomic mass is 9.73. The first kappa shape index (κ1) is 25.2. The predicted molar refractivity (Wildman–Crippen MR) is 142 cm³/mol. The summed E-state index contributed by atoms with van der Waals surface area (Å²) in [6.45, 7) is 12.1. The Morgan fingerprint density at radius 2 is 1.80 bits per heavy atom. The summed E-state index contributed by atoms with van der Waals surface area (Å²) in [5.74, 6) is -0.996. The van der Waals surface area contributed by atoms with Crippen LogP contribution in [-0.2, 0) is 14.9 Å². The van der Waals surface area contributed by atoms with Gasteiger partial charge in [-0.1, -0.05) is 62.0 Å². The summed E-state index contributed by atoms with van der Waals surface area (Å²) < 4.78 is 6.18. The van der Waals surface area contributed by atoms with Crippen LogP contribution < -0.4 is 0 Å². The Morgan fingerprint density at radius 1 is 1.09 bits per heavy atom. The number of fused-ring (bicyclic) bond motifs is 1. The van der Waals surface area contributed by atoms with Crippen LogP contribution in [0.2, 0.25) is 0 Å². The molecular formula is C30H33NO3S. The van der Waals surface area contributed by atoms with Gasteiger partial charge in [0.25, 0.3) is 0 Å². The number of hydrogen-bond donors (Lipinski definition) is 1. The first-order valence-electron chi connectivity index (χ1n) is 11.9. The minimum atomic E-state index is -1.11. The van der Waals surface area contributed by atoms with Crippen molar-refractivity contribution >= 4 is 23.3 Å². The Labute approximate surface area is 212 Å². The first-order valence-corrected chi connectivity index (χ1v) is 12.7. The van der Waals surface area contributed by atoms with Crippen molar-refractivity contribution in [1.82, 2.24) is 4.98 Å². The molecule has 0 fully saturated rings. The van der Waals surface area contributed by atoms with Crippen molar-refractivity contribution in [1.29, 1.82) is 0 Å². The molecule has 3 aromatic rings. The maximum Gasteiger partial charge on any atom is 0.337 e. The first-order chi connectivity index (χ1) is 16.5. The second-order valence-corrected chi connectivity index (χ2v) is 11.8. The van der Waals surface area contributed by atoms with Gasteiger partial charge in [-0.05, 0) is 74.9 Å². The zero-order chi connectivity index (χ0) is 25.4. The van der Waals surface area contributed by atoms with Gasteiger partial charge in [-0.15, -0.1) is 0 Å². The van der Waals surface area contributed by atoms with Gasteiger partial charge in [-0.2, -0.15) is 0 Å². The lowest BCUT2D eigenvalue weighted by molar-refractivity contribution is -0.160. The van der Waals surface area contributed by atoms with E-state index in [2.05, 4.69) is 44.2 Å². The predicted octanol–water partition coefficient (Wildman–Crippen LogP) is 7.60. The molecule has 5 heteroatoms. The molecule has 1 atom stereocenters. The molecule has 4 nitrogen and oxygen atoms in total. The van der Waals surface area contributed by atoms with Crippen LogP contribution in [0.3, 0.4) is 0 Å². The van der Waals surface area contributed by atoms with E-state index in [0.717, 1.165) is 38.6 Å². The Balaban J connectivity index is 2.01. The molecule has 1 aromatic heterocycles. The van der Waals surface area contributed by atoms with E-state index in [-0.39, 0.29) is 5.41 Å². The fourth-order valence-electron chi connectivity index (χ4n) is 4.56. The lowest BCUT2D eigenvalue weighted by Crippen LogP contribution is -2.29. The number of ether oxygens (including phenoxy) is 1. The minimum Gasteiger partial charge on any atom is -0.479 e. The number of hydrogen-bond acceptors (Lipinski definition) is 4. The van der Waals surface area contributed by atoms with Crippen molar-refractivity contribution in [3.05, 3.63) is 94.8 Å². The molecule has 4 rings (SSSR count). The third kappa shape index (κ3) is 5.36. The summed E-state index contributed by atoms with van der Waals surface area (Å²) in [5, 5.41) is 10.3. The second-order valence-electron chi connectivity index (χ2n) is 10.6. The van der Waals surface area contributed by atoms with Gasteiger partial charge in [0.05, 0.1) is 11.3 Å². The van der Waals surface area contributed by atoms with Gasteiger partial charge in [-0.25, -0.2) is 4.79 Å². The normalized spacial score (nSPS) is 15.8. The number of carboxylic acids is 1. The Kier molecular flexibility index (Phi) is 6.94. The van der Waals surface area contributed by atoms with Gasteiger partial charge in [0.1, 0.15) is 0 Å². The third-order valence-electron chi connectivity index (χ3n) is 6.23. The molecule has 1 N–H and O–H groups in total. The molecule has 35 heavy (non-hydrogen) atoms. The number of aromatic nitrogens is 1. The van der Waals surface area contributed by atoms with E-state index in [9.17, 15) is 9.90 Å². The molecule has 1 heterocycles. The van der Waals surface area contributed by atoms with Gasteiger partial charge < -0.3 is 9.84 Å². The molecule has 0 saturated carbocycles. The van der Waals surface area contributed by atoms with Gasteiger partial charge in [0.15, 0.2) is 6.10 Å². The third-order valence-corrected chi connectivity index (χ3v) is 7.30. The van der Waals surface area contributed by atoms with Gasteiger partial charge in [-0.3, -0.25) is 4.98 Å². The van der Waals surface area contributed by atoms with Crippen LogP contribution in [0.25, 0.3) is 5.57 Å². The average Bonchev–Trinajstić information content (AvgIpc) is 2.79. The van der Waals surface area contributed by atoms with E-state index in [1.807, 2.05) is 64.2 Å². The quantitative estimate of drug-likeness (QED) is 0.388. The molecule has 0 aliphatic heterocycles. The van der Waals surface area contributed by atoms with Gasteiger partial charge in [0.2, 0.25) is 0 Å². The highest BCUT2D eigenvalue weighted by atomic mass is 32.2. The van der Waals surface area contributed by atoms with E-state index in [0.29, 0.717) is 5.56 Å². The minimum absolute atomic E-state index is 0.0576. The van der Waals surface area contributed by atoms with Crippen LogP contribution in [-0.4, -0.2) is 21.7 Å². The summed E-state index contributed by atoms with van der Waals surface area (Å²) in [6, 6.07) is 18.4. The molecule has 182 valence electrons. The summed E-state index contributed by atoms with van der Waals surface area (Å²) in [4.78, 5) is 19.5. The van der Waals surface area contributed by atoms with Crippen molar-refractivity contribution in [3.8, 4) is 0 Å². The number of aliphatic carboxylic acids is 1. The Bertz CT molecular complexity index is 1270. The fraction of sp³-hybridized carbons (Fsp3) is 0.333. The van der Waals surface area contributed by atoms with Gasteiger partial charge in [0, 0.05) is 32.7 Å². The highest BCUT2D eigenvalue weighted by Gasteiger charge is 2.36. The van der Waals surface area contributed by atoms with Crippen LogP contribution in [0.1, 0.15) is 75.1 Å². The maximum absolute atomic E-state index is 12.6. The topological polar surface area (TPSA) is 59.4 Å². The Morgan fingerprint density at radius 3 is 2.46 bits per heavy atom. The van der Waals surface area contributed by atoms with E-state index in [1.54, 1.807) is 11.8 Å². The maximum atomic E-state index is 12.6. The van der Waals surface area contributed by atoms with Crippen LogP contribution in [0.4, 0.5) is 0 Å². The van der Waals surface area contributed by atoms with Crippen molar-refractivity contribution in [2.45, 2.75) is 74.9 Å². The highest BCUT2D eigenvalue weighted by Crippen LogP contribution is 2.47. The molecule has 0 radical (unpaired) electrons. The highest BCUT2D eigenvalue weighted by molar-refractivity contribution is 7.99. The molecule has 1 aliphatic carbocycles. The summed E-state index contributed by atoms with van der Waals surface area (Å²) in [5.41, 5.74) is 4.83. The van der Waals surface area contributed by atoms with Crippen molar-refractivity contribution in [3.63, 3.8) is 0 Å². The lowest BCUT2D eigenvalue weighted by Gasteiger charge is -2.34. The van der Waals surface area contributed by atoms with Crippen molar-refractivity contribution in [2.75, 3.05) is 0 Å². The zero-order valence-corrected chi connectivity index (χ0v) is 22.1. The standard InChI is InChI=1S/C30H33NO3S/c1-19-14-15-23(35-20-11-8-7-9-12-20)25(24(19)27(28(32)33)34-29(2,3)4)21-16-17-30(5,6)22-13-10-18-31-26(21)22/h7-16,18,27H,17H2,1-6H3,(H,32,33). The van der Waals surface area contributed by atoms with Crippen LogP contribution in [0, 0.1) is 6.92 Å². The molecule has 0 bridgehead atoms. The summed E-state index contributed by atoms with van der Waals surface area (Å²) in [6.07, 6.45) is 3.76. The van der Waals surface area contributed by atoms with Gasteiger partial charge >= 0.3 is 5.97 Å². The molecule has 0 amide bonds. The average molecular weight is 488 g/mol. The van der Waals surface area contributed by atoms with Crippen LogP contribution in [0.5, 0.6) is 0 Å². The van der Waals surface area contributed by atoms with E-state index in [1.165, 1.54) is 5.56 Å². The van der Waals surface area contributed by atoms with Crippen LogP contribution >= 0.6 is 11.8 Å². The van der Waals surface area contributed by atoms with E-state index < -0.39 is 17.7 Å². The number of carboxylic acid groups (broad SMARTS) is 1. The summed E-state index contributed by atoms with van der Waals surface area (Å²) >= 11 is 1.64. The molecule has 1 aliphatic rings. The number of nitrogens with zero attached hydrogens (tertiary/aromatic N) is 1. The molecule has 1 unspecified atom stereocenters. The van der Waals surface area contributed by atoms with Crippen molar-refractivity contribution < 1.29 is 14.6 Å². The number of aryl methyl sites for hydroxylation is 1. The largest absolute Gasteiger partial charge is 0.479 e. The van der Waals surface area contributed by atoms with E-state index in [4.69, 9.17) is 9.72 Å². The summed E-state index contributed by atoms with van der Waals surface area (Å²) in [7, 11) is 0. The Hall–Kier alpha value is -2.89. The zero-order valence-electron chi connectivity index (χ0n) is 21.3. The smallest absolute Gasteiger partial charge is 0.337 e. The van der Waals surface area contributed by atoms with Crippen molar-refractivity contribution in [2.24, 2.45) is 0 Å². The SMILES string of the molecule is Cc1ccc(Sc2ccccc2)c(C2=CCC(C)(C)c3cccnc32)c1C(OC(C)(C)C)C(=O)O. The fourth-order valence-corrected chi connectivity index (χ4v) is 5.56. The number of allylic oxidation sites excluding steroid dienone is 1. The number of rotatable bonds is 6. The number of carbonyl (C=O) groups is 1. The molecule has 2 aromatic carbocycles. The number of pyridine rings is 1. The van der Waals surface area contributed by atoms with Crippen LogP contribution in [0.15, 0.2) is 76.7 Å². The monoisotopic (exact) mass is 487 g/mol. The molecule has 0 saturated heterocycles. The molecule has 0 spiro atoms. The second kappa shape index (κ2) is 9.63. The molecular weight excluding hydrogens is 454 g/mol.